The largest absolute Gasteiger partial charge is 0.497 e. The van der Waals surface area contributed by atoms with Gasteiger partial charge in [0.2, 0.25) is 11.8 Å². The van der Waals surface area contributed by atoms with Crippen molar-refractivity contribution in [1.82, 2.24) is 10.8 Å². The molecule has 0 bridgehead atoms. The molecule has 0 unspecified atom stereocenters. The number of hydrogen-bond donors (Lipinski definition) is 4. The van der Waals surface area contributed by atoms with Crippen LogP contribution in [-0.2, 0) is 28.2 Å². The van der Waals surface area contributed by atoms with E-state index in [1.807, 2.05) is 66.7 Å². The van der Waals surface area contributed by atoms with Gasteiger partial charge >= 0.3 is 0 Å². The second-order valence-corrected chi connectivity index (χ2v) is 8.58. The summed E-state index contributed by atoms with van der Waals surface area (Å²) in [5, 5.41) is 22.9. The van der Waals surface area contributed by atoms with Gasteiger partial charge in [0, 0.05) is 18.4 Å². The first-order valence-corrected chi connectivity index (χ1v) is 11.2. The Morgan fingerprint density at radius 1 is 1.03 bits per heavy atom. The standard InChI is InChI=1S/C27H28N2O5/c1-34-23-7-4-6-21(16-23)19-11-9-18(10-12-19)15-22(17-25(30)29-33)26(31)28-27(32)14-13-20-5-2-3-8-24(20)27/h2-12,16,22,32-33H,13-15,17H2,1H3,(H,28,31)(H,29,30)/t22-,27+/m1/s1. The van der Waals surface area contributed by atoms with Crippen molar-refractivity contribution in [2.24, 2.45) is 5.92 Å². The number of carbonyl (C=O) groups is 2. The highest BCUT2D eigenvalue weighted by Crippen LogP contribution is 2.35. The Labute approximate surface area is 198 Å². The number of rotatable bonds is 8. The number of aliphatic hydroxyl groups is 1. The van der Waals surface area contributed by atoms with Crippen molar-refractivity contribution in [3.8, 4) is 16.9 Å². The molecule has 3 aromatic rings. The molecule has 7 nitrogen and oxygen atoms in total. The third-order valence-electron chi connectivity index (χ3n) is 6.32. The number of carbonyl (C=O) groups excluding carboxylic acids is 2. The summed E-state index contributed by atoms with van der Waals surface area (Å²) >= 11 is 0. The second-order valence-electron chi connectivity index (χ2n) is 8.58. The predicted octanol–water partition coefficient (Wildman–Crippen LogP) is 3.32. The van der Waals surface area contributed by atoms with Crippen LogP contribution in [-0.4, -0.2) is 29.2 Å². The number of aryl methyl sites for hydroxylation is 1. The Hall–Kier alpha value is -3.68. The Bertz CT molecular complexity index is 1180. The van der Waals surface area contributed by atoms with Gasteiger partial charge in [-0.15, -0.1) is 0 Å². The first-order chi connectivity index (χ1) is 16.4. The minimum absolute atomic E-state index is 0.211. The number of hydroxylamine groups is 1. The van der Waals surface area contributed by atoms with Gasteiger partial charge in [0.1, 0.15) is 5.75 Å². The van der Waals surface area contributed by atoms with Crippen molar-refractivity contribution in [3.05, 3.63) is 89.5 Å². The van der Waals surface area contributed by atoms with Crippen LogP contribution in [0, 0.1) is 5.92 Å². The SMILES string of the molecule is COc1cccc(-c2ccc(C[C@H](CC(=O)NO)C(=O)N[C@]3(O)CCc4ccccc43)cc2)c1. The third kappa shape index (κ3) is 5.11. The summed E-state index contributed by atoms with van der Waals surface area (Å²) < 4.78 is 5.29. The smallest absolute Gasteiger partial charge is 0.244 e. The number of ether oxygens (including phenoxy) is 1. The lowest BCUT2D eigenvalue weighted by molar-refractivity contribution is -0.139. The van der Waals surface area contributed by atoms with E-state index >= 15 is 0 Å². The topological polar surface area (TPSA) is 108 Å². The van der Waals surface area contributed by atoms with Crippen LogP contribution in [0.5, 0.6) is 5.75 Å². The summed E-state index contributed by atoms with van der Waals surface area (Å²) in [6.45, 7) is 0. The molecule has 0 radical (unpaired) electrons. The van der Waals surface area contributed by atoms with Gasteiger partial charge in [0.25, 0.3) is 0 Å². The fraction of sp³-hybridized carbons (Fsp3) is 0.259. The summed E-state index contributed by atoms with van der Waals surface area (Å²) in [7, 11) is 1.62. The fourth-order valence-corrected chi connectivity index (χ4v) is 4.48. The molecule has 1 aliphatic rings. The van der Waals surface area contributed by atoms with E-state index in [1.54, 1.807) is 18.7 Å². The van der Waals surface area contributed by atoms with E-state index in [4.69, 9.17) is 9.94 Å². The molecule has 0 fully saturated rings. The maximum Gasteiger partial charge on any atom is 0.244 e. The molecule has 0 aromatic heterocycles. The molecule has 0 heterocycles. The van der Waals surface area contributed by atoms with Crippen molar-refractivity contribution >= 4 is 11.8 Å². The summed E-state index contributed by atoms with van der Waals surface area (Å²) in [4.78, 5) is 25.1. The molecule has 4 rings (SSSR count). The molecule has 2 atom stereocenters. The highest BCUT2D eigenvalue weighted by molar-refractivity contribution is 5.86. The minimum atomic E-state index is -1.47. The molecule has 7 heteroatoms. The average molecular weight is 461 g/mol. The van der Waals surface area contributed by atoms with Crippen LogP contribution in [0.4, 0.5) is 0 Å². The molecular formula is C27H28N2O5. The molecule has 0 saturated carbocycles. The van der Waals surface area contributed by atoms with Crippen LogP contribution in [0.25, 0.3) is 11.1 Å². The Morgan fingerprint density at radius 2 is 1.79 bits per heavy atom. The summed E-state index contributed by atoms with van der Waals surface area (Å²) in [5.41, 5.74) is 4.65. The van der Waals surface area contributed by atoms with Crippen LogP contribution in [0.3, 0.4) is 0 Å². The predicted molar refractivity (Wildman–Crippen MR) is 127 cm³/mol. The highest BCUT2D eigenvalue weighted by atomic mass is 16.5. The van der Waals surface area contributed by atoms with Crippen molar-refractivity contribution in [2.45, 2.75) is 31.4 Å². The van der Waals surface area contributed by atoms with Gasteiger partial charge in [0.15, 0.2) is 5.72 Å². The zero-order chi connectivity index (χ0) is 24.1. The van der Waals surface area contributed by atoms with E-state index in [0.717, 1.165) is 28.0 Å². The first kappa shape index (κ1) is 23.5. The van der Waals surface area contributed by atoms with Crippen molar-refractivity contribution < 1.29 is 24.6 Å². The lowest BCUT2D eigenvalue weighted by Crippen LogP contribution is -2.47. The van der Waals surface area contributed by atoms with E-state index in [2.05, 4.69) is 5.32 Å². The molecule has 34 heavy (non-hydrogen) atoms. The van der Waals surface area contributed by atoms with Crippen LogP contribution in [0.1, 0.15) is 29.5 Å². The number of nitrogens with one attached hydrogen (secondary N) is 2. The van der Waals surface area contributed by atoms with Crippen molar-refractivity contribution in [2.75, 3.05) is 7.11 Å². The Morgan fingerprint density at radius 3 is 2.53 bits per heavy atom. The molecule has 0 aliphatic heterocycles. The van der Waals surface area contributed by atoms with Crippen molar-refractivity contribution in [1.29, 1.82) is 0 Å². The van der Waals surface area contributed by atoms with Gasteiger partial charge in [-0.05, 0) is 47.2 Å². The van der Waals surface area contributed by atoms with Gasteiger partial charge in [0.05, 0.1) is 13.0 Å². The second kappa shape index (κ2) is 10.1. The van der Waals surface area contributed by atoms with Crippen LogP contribution in [0.2, 0.25) is 0 Å². The Balaban J connectivity index is 1.51. The number of fused-ring (bicyclic) bond motifs is 1. The van der Waals surface area contributed by atoms with Crippen LogP contribution in [0.15, 0.2) is 72.8 Å². The zero-order valence-electron chi connectivity index (χ0n) is 19.0. The normalized spacial score (nSPS) is 17.5. The highest BCUT2D eigenvalue weighted by Gasteiger charge is 2.39. The van der Waals surface area contributed by atoms with E-state index in [-0.39, 0.29) is 12.8 Å². The number of benzene rings is 3. The molecule has 1 aliphatic carbocycles. The third-order valence-corrected chi connectivity index (χ3v) is 6.32. The van der Waals surface area contributed by atoms with Gasteiger partial charge in [-0.2, -0.15) is 0 Å². The van der Waals surface area contributed by atoms with Crippen LogP contribution >= 0.6 is 0 Å². The van der Waals surface area contributed by atoms with Gasteiger partial charge < -0.3 is 15.2 Å². The van der Waals surface area contributed by atoms with E-state index in [0.29, 0.717) is 18.4 Å². The minimum Gasteiger partial charge on any atom is -0.497 e. The molecule has 0 saturated heterocycles. The summed E-state index contributed by atoms with van der Waals surface area (Å²) in [6.07, 6.45) is 1.08. The van der Waals surface area contributed by atoms with Crippen molar-refractivity contribution in [3.63, 3.8) is 0 Å². The van der Waals surface area contributed by atoms with E-state index in [9.17, 15) is 14.7 Å². The molecule has 4 N–H and O–H groups in total. The molecular weight excluding hydrogens is 432 g/mol. The molecule has 2 amide bonds. The lowest BCUT2D eigenvalue weighted by Gasteiger charge is -2.28. The van der Waals surface area contributed by atoms with E-state index in [1.165, 1.54) is 0 Å². The zero-order valence-corrected chi connectivity index (χ0v) is 19.0. The Kier molecular flexibility index (Phi) is 6.95. The van der Waals surface area contributed by atoms with Crippen LogP contribution < -0.4 is 15.5 Å². The number of methoxy groups -OCH3 is 1. The quantitative estimate of drug-likeness (QED) is 0.234. The number of amides is 2. The molecule has 0 spiro atoms. The fourth-order valence-electron chi connectivity index (χ4n) is 4.48. The van der Waals surface area contributed by atoms with E-state index < -0.39 is 23.5 Å². The molecule has 176 valence electrons. The van der Waals surface area contributed by atoms with Gasteiger partial charge in [-0.1, -0.05) is 60.7 Å². The van der Waals surface area contributed by atoms with Gasteiger partial charge in [-0.3, -0.25) is 14.8 Å². The lowest BCUT2D eigenvalue weighted by atomic mass is 9.92. The summed E-state index contributed by atoms with van der Waals surface area (Å²) in [5.74, 6) is -1.11. The maximum absolute atomic E-state index is 13.2. The number of hydrogen-bond acceptors (Lipinski definition) is 5. The monoisotopic (exact) mass is 460 g/mol. The molecule has 3 aromatic carbocycles. The average Bonchev–Trinajstić information content (AvgIpc) is 3.20. The maximum atomic E-state index is 13.2. The first-order valence-electron chi connectivity index (χ1n) is 11.2. The summed E-state index contributed by atoms with van der Waals surface area (Å²) in [6, 6.07) is 22.9. The van der Waals surface area contributed by atoms with Gasteiger partial charge in [-0.25, -0.2) is 5.48 Å².